The van der Waals surface area contributed by atoms with E-state index in [0.717, 1.165) is 96.9 Å². The maximum absolute atomic E-state index is 12.4. The van der Waals surface area contributed by atoms with E-state index in [1.54, 1.807) is 24.3 Å². The third kappa shape index (κ3) is 6.96. The van der Waals surface area contributed by atoms with Gasteiger partial charge in [-0.1, -0.05) is 67.8 Å². The van der Waals surface area contributed by atoms with Crippen LogP contribution in [0.3, 0.4) is 0 Å². The molecule has 0 bridgehead atoms. The lowest BCUT2D eigenvalue weighted by Gasteiger charge is -2.19. The van der Waals surface area contributed by atoms with Crippen LogP contribution in [0.15, 0.2) is 84.9 Å². The summed E-state index contributed by atoms with van der Waals surface area (Å²) >= 11 is 0. The Morgan fingerprint density at radius 1 is 0.804 bits per heavy atom. The molecule has 5 nitrogen and oxygen atoms in total. The van der Waals surface area contributed by atoms with Crippen molar-refractivity contribution in [1.29, 1.82) is 0 Å². The molecule has 0 saturated heterocycles. The molecule has 0 aliphatic heterocycles. The number of carboxylic acids is 1. The summed E-state index contributed by atoms with van der Waals surface area (Å²) in [6, 6.07) is 26.2. The quantitative estimate of drug-likeness (QED) is 0.145. The number of unbranched alkanes of at least 4 members (excludes halogenated alkanes) is 2. The number of carbonyl (C=O) groups is 1. The fraction of sp³-hybridized carbons (Fsp3) is 0.325. The Bertz CT molecular complexity index is 1720. The standard InChI is InChI=1S/C40H41FO5/c41-22-5-1-2-7-26-12-17-32(23-26)46-31-18-13-27(14-19-31)39-34-20-15-29(33-9-3-4-10-37(33)40(44)45)24-28(34)8-6-11-36(39)35-21-16-30(42)25-38(35)43/h3-4,9-10,13-16,18-21,24-26,32,42-43H,1-2,5-8,11-12,17,22-23H2,(H,44,45)/t26?,32-/m0/s1. The number of fused-ring (bicyclic) bond motifs is 1. The van der Waals surface area contributed by atoms with Crippen molar-refractivity contribution in [3.8, 4) is 28.4 Å². The zero-order chi connectivity index (χ0) is 32.0. The number of rotatable bonds is 11. The summed E-state index contributed by atoms with van der Waals surface area (Å²) in [5.74, 6) is 0.554. The monoisotopic (exact) mass is 620 g/mol. The molecule has 6 rings (SSSR count). The maximum atomic E-state index is 12.4. The van der Waals surface area contributed by atoms with Crippen molar-refractivity contribution >= 4 is 17.1 Å². The second-order valence-corrected chi connectivity index (χ2v) is 12.6. The normalized spacial score (nSPS) is 17.8. The molecule has 46 heavy (non-hydrogen) atoms. The summed E-state index contributed by atoms with van der Waals surface area (Å²) in [6.45, 7) is -0.227. The Balaban J connectivity index is 1.33. The molecule has 0 aromatic heterocycles. The highest BCUT2D eigenvalue weighted by Crippen LogP contribution is 2.44. The van der Waals surface area contributed by atoms with E-state index in [1.807, 2.05) is 30.3 Å². The second kappa shape index (κ2) is 14.2. The number of phenols is 2. The fourth-order valence-corrected chi connectivity index (χ4v) is 7.25. The molecular formula is C40H41FO5. The van der Waals surface area contributed by atoms with Gasteiger partial charge in [0.2, 0.25) is 0 Å². The van der Waals surface area contributed by atoms with Crippen molar-refractivity contribution in [2.24, 2.45) is 5.92 Å². The van der Waals surface area contributed by atoms with Gasteiger partial charge in [-0.2, -0.15) is 0 Å². The Morgan fingerprint density at radius 3 is 2.37 bits per heavy atom. The number of aryl methyl sites for hydroxylation is 1. The molecule has 238 valence electrons. The lowest BCUT2D eigenvalue weighted by molar-refractivity contribution is 0.0697. The molecule has 0 spiro atoms. The average molecular weight is 621 g/mol. The van der Waals surface area contributed by atoms with Crippen LogP contribution in [0, 0.1) is 5.92 Å². The number of aromatic hydroxyl groups is 2. The van der Waals surface area contributed by atoms with Gasteiger partial charge in [0.1, 0.15) is 17.2 Å². The first-order valence-corrected chi connectivity index (χ1v) is 16.5. The van der Waals surface area contributed by atoms with Crippen LogP contribution in [0.1, 0.15) is 90.4 Å². The van der Waals surface area contributed by atoms with Gasteiger partial charge in [0.05, 0.1) is 18.3 Å². The highest BCUT2D eigenvalue weighted by Gasteiger charge is 2.27. The topological polar surface area (TPSA) is 87.0 Å². The second-order valence-electron chi connectivity index (χ2n) is 12.6. The number of hydrogen-bond donors (Lipinski definition) is 3. The largest absolute Gasteiger partial charge is 0.508 e. The molecule has 6 heteroatoms. The minimum absolute atomic E-state index is 0.00886. The molecule has 2 atom stereocenters. The highest BCUT2D eigenvalue weighted by atomic mass is 19.1. The number of alkyl halides is 1. The van der Waals surface area contributed by atoms with Gasteiger partial charge < -0.3 is 20.1 Å². The minimum atomic E-state index is -0.958. The lowest BCUT2D eigenvalue weighted by atomic mass is 9.86. The van der Waals surface area contributed by atoms with Crippen molar-refractivity contribution in [2.75, 3.05) is 6.67 Å². The van der Waals surface area contributed by atoms with Crippen LogP contribution < -0.4 is 4.74 Å². The minimum Gasteiger partial charge on any atom is -0.508 e. The van der Waals surface area contributed by atoms with Crippen LogP contribution in [0.4, 0.5) is 4.39 Å². The summed E-state index contributed by atoms with van der Waals surface area (Å²) in [5, 5.41) is 30.8. The Hall–Kier alpha value is -4.58. The summed E-state index contributed by atoms with van der Waals surface area (Å²) < 4.78 is 18.9. The fourth-order valence-electron chi connectivity index (χ4n) is 7.25. The molecule has 0 radical (unpaired) electrons. The molecule has 0 heterocycles. The number of carboxylic acid groups (broad SMARTS) is 1. The SMILES string of the molecule is O=C(O)c1ccccc1-c1ccc2c(c1)CCCC(c1ccc(O)cc1O)=C2c1ccc(O[C@H]2CCC(CCCCCF)C2)cc1. The van der Waals surface area contributed by atoms with Crippen LogP contribution in [0.5, 0.6) is 17.2 Å². The van der Waals surface area contributed by atoms with Crippen LogP contribution in [0.2, 0.25) is 0 Å². The third-order valence-electron chi connectivity index (χ3n) is 9.51. The number of phenolic OH excluding ortho intramolecular Hbond substituents is 2. The third-order valence-corrected chi connectivity index (χ3v) is 9.51. The average Bonchev–Trinajstić information content (AvgIpc) is 3.41. The molecular weight excluding hydrogens is 579 g/mol. The number of aromatic carboxylic acids is 1. The molecule has 4 aromatic rings. The molecule has 2 aliphatic rings. The molecule has 1 saturated carbocycles. The number of benzene rings is 4. The number of halogens is 1. The van der Waals surface area contributed by atoms with E-state index in [2.05, 4.69) is 24.3 Å². The zero-order valence-electron chi connectivity index (χ0n) is 26.1. The first kappa shape index (κ1) is 31.4. The first-order valence-electron chi connectivity index (χ1n) is 16.5. The van der Waals surface area contributed by atoms with Crippen molar-refractivity contribution in [2.45, 2.75) is 70.3 Å². The van der Waals surface area contributed by atoms with Crippen molar-refractivity contribution in [3.63, 3.8) is 0 Å². The van der Waals surface area contributed by atoms with Gasteiger partial charge >= 0.3 is 5.97 Å². The van der Waals surface area contributed by atoms with Gasteiger partial charge in [-0.05, 0) is 120 Å². The molecule has 0 amide bonds. The summed E-state index contributed by atoms with van der Waals surface area (Å²) in [4.78, 5) is 12.0. The van der Waals surface area contributed by atoms with E-state index in [0.29, 0.717) is 23.5 Å². The van der Waals surface area contributed by atoms with E-state index < -0.39 is 5.97 Å². The van der Waals surface area contributed by atoms with Crippen molar-refractivity contribution in [1.82, 2.24) is 0 Å². The summed E-state index contributed by atoms with van der Waals surface area (Å²) in [6.07, 6.45) is 9.60. The van der Waals surface area contributed by atoms with E-state index >= 15 is 0 Å². The van der Waals surface area contributed by atoms with Gasteiger partial charge in [0.15, 0.2) is 0 Å². The molecule has 1 unspecified atom stereocenters. The van der Waals surface area contributed by atoms with E-state index in [9.17, 15) is 24.5 Å². The molecule has 1 fully saturated rings. The summed E-state index contributed by atoms with van der Waals surface area (Å²) in [7, 11) is 0. The first-order chi connectivity index (χ1) is 22.4. The van der Waals surface area contributed by atoms with Crippen molar-refractivity contribution < 1.29 is 29.2 Å². The predicted molar refractivity (Wildman–Crippen MR) is 180 cm³/mol. The Kier molecular flexibility index (Phi) is 9.72. The van der Waals surface area contributed by atoms with Gasteiger partial charge in [-0.25, -0.2) is 4.79 Å². The van der Waals surface area contributed by atoms with Gasteiger partial charge in [-0.15, -0.1) is 0 Å². The molecule has 3 N–H and O–H groups in total. The smallest absolute Gasteiger partial charge is 0.336 e. The Morgan fingerprint density at radius 2 is 1.59 bits per heavy atom. The van der Waals surface area contributed by atoms with Crippen LogP contribution in [0.25, 0.3) is 22.3 Å². The number of allylic oxidation sites excluding steroid dienone is 1. The maximum Gasteiger partial charge on any atom is 0.336 e. The van der Waals surface area contributed by atoms with Crippen LogP contribution >= 0.6 is 0 Å². The predicted octanol–water partition coefficient (Wildman–Crippen LogP) is 9.84. The zero-order valence-corrected chi connectivity index (χ0v) is 26.1. The van der Waals surface area contributed by atoms with Crippen LogP contribution in [-0.2, 0) is 6.42 Å². The van der Waals surface area contributed by atoms with E-state index in [1.165, 1.54) is 6.07 Å². The Labute approximate surface area is 270 Å². The number of hydrogen-bond acceptors (Lipinski definition) is 4. The van der Waals surface area contributed by atoms with Crippen molar-refractivity contribution in [3.05, 3.63) is 113 Å². The molecule has 4 aromatic carbocycles. The van der Waals surface area contributed by atoms with Gasteiger partial charge in [-0.3, -0.25) is 4.39 Å². The molecule has 2 aliphatic carbocycles. The van der Waals surface area contributed by atoms with E-state index in [4.69, 9.17) is 4.74 Å². The van der Waals surface area contributed by atoms with E-state index in [-0.39, 0.29) is 29.8 Å². The number of ether oxygens (including phenoxy) is 1. The highest BCUT2D eigenvalue weighted by molar-refractivity contribution is 6.02. The lowest BCUT2D eigenvalue weighted by Crippen LogP contribution is -2.12. The van der Waals surface area contributed by atoms with Gasteiger partial charge in [0, 0.05) is 11.6 Å². The van der Waals surface area contributed by atoms with Crippen LogP contribution in [-0.4, -0.2) is 34.1 Å². The van der Waals surface area contributed by atoms with Gasteiger partial charge in [0.25, 0.3) is 0 Å². The summed E-state index contributed by atoms with van der Waals surface area (Å²) in [5.41, 5.74) is 7.64.